The molecule has 3 rings (SSSR count). The van der Waals surface area contributed by atoms with Crippen molar-refractivity contribution in [1.82, 2.24) is 10.3 Å². The van der Waals surface area contributed by atoms with Crippen LogP contribution >= 0.6 is 23.2 Å². The molecule has 138 valence electrons. The smallest absolute Gasteiger partial charge is 0.335 e. The van der Waals surface area contributed by atoms with Crippen LogP contribution in [0.2, 0.25) is 10.2 Å². The van der Waals surface area contributed by atoms with Crippen LogP contribution in [-0.2, 0) is 9.59 Å². The van der Waals surface area contributed by atoms with Crippen LogP contribution < -0.4 is 10.2 Å². The highest BCUT2D eigenvalue weighted by atomic mass is 35.5. The van der Waals surface area contributed by atoms with Crippen molar-refractivity contribution in [2.24, 2.45) is 5.92 Å². The van der Waals surface area contributed by atoms with Crippen molar-refractivity contribution in [2.45, 2.75) is 18.2 Å². The number of aromatic nitrogens is 1. The first-order chi connectivity index (χ1) is 11.7. The number of fused-ring (bicyclic) bond motifs is 1. The van der Waals surface area contributed by atoms with Gasteiger partial charge in [-0.3, -0.25) is 0 Å². The van der Waals surface area contributed by atoms with Gasteiger partial charge in [0.15, 0.2) is 12.2 Å². The lowest BCUT2D eigenvalue weighted by molar-refractivity contribution is -0.165. The van der Waals surface area contributed by atoms with E-state index in [0.717, 1.165) is 31.2 Å². The van der Waals surface area contributed by atoms with E-state index in [1.165, 1.54) is 0 Å². The van der Waals surface area contributed by atoms with Gasteiger partial charge in [0.05, 0.1) is 16.9 Å². The minimum Gasteiger partial charge on any atom is -0.479 e. The number of rotatable bonds is 4. The molecule has 5 N–H and O–H groups in total. The lowest BCUT2D eigenvalue weighted by Gasteiger charge is -2.29. The van der Waals surface area contributed by atoms with Crippen molar-refractivity contribution in [3.8, 4) is 0 Å². The van der Waals surface area contributed by atoms with Crippen LogP contribution in [0, 0.1) is 5.92 Å². The highest BCUT2D eigenvalue weighted by molar-refractivity contribution is 6.41. The van der Waals surface area contributed by atoms with Gasteiger partial charge >= 0.3 is 11.9 Å². The maximum atomic E-state index is 9.77. The number of anilines is 1. The fourth-order valence-electron chi connectivity index (χ4n) is 2.52. The van der Waals surface area contributed by atoms with Crippen LogP contribution in [0.1, 0.15) is 0 Å². The van der Waals surface area contributed by atoms with E-state index in [1.54, 1.807) is 6.20 Å². The zero-order valence-corrected chi connectivity index (χ0v) is 14.4. The Labute approximate surface area is 152 Å². The molecule has 2 saturated heterocycles. The third kappa shape index (κ3) is 4.71. The first-order valence-corrected chi connectivity index (χ1v) is 8.07. The number of carbonyl (C=O) groups is 2. The number of nitrogens with one attached hydrogen (secondary N) is 1. The average molecular weight is 394 g/mol. The van der Waals surface area contributed by atoms with Gasteiger partial charge in [-0.25, -0.2) is 14.6 Å². The zero-order valence-electron chi connectivity index (χ0n) is 12.8. The Morgan fingerprint density at radius 2 is 1.80 bits per heavy atom. The monoisotopic (exact) mass is 393 g/mol. The van der Waals surface area contributed by atoms with Gasteiger partial charge in [0, 0.05) is 31.6 Å². The molecule has 0 amide bonds. The highest BCUT2D eigenvalue weighted by Crippen LogP contribution is 2.30. The third-order valence-electron chi connectivity index (χ3n) is 4.04. The van der Waals surface area contributed by atoms with E-state index in [9.17, 15) is 9.59 Å². The molecule has 1 aromatic heterocycles. The number of hydrogen-bond acceptors (Lipinski definition) is 7. The van der Waals surface area contributed by atoms with Crippen molar-refractivity contribution in [3.05, 3.63) is 22.4 Å². The standard InChI is InChI=1S/C10H11Cl2N3.C4H6O6/c11-8-1-7(3-14-10(8)12)15-4-6-2-13-9(6)5-15;5-1(3(7)8)2(6)4(9)10/h1,3,6,9,13H,2,4-5H2;1-2,5-6H,(H,7,8)(H,9,10)/t6-,9+;1-,2-/m01/s1. The van der Waals surface area contributed by atoms with Crippen molar-refractivity contribution >= 4 is 40.8 Å². The molecule has 4 atom stereocenters. The van der Waals surface area contributed by atoms with Crippen molar-refractivity contribution in [2.75, 3.05) is 24.5 Å². The molecule has 2 aliphatic rings. The van der Waals surface area contributed by atoms with Crippen LogP contribution in [0.4, 0.5) is 5.69 Å². The summed E-state index contributed by atoms with van der Waals surface area (Å²) in [5.74, 6) is -2.75. The Balaban J connectivity index is 0.000000199. The van der Waals surface area contributed by atoms with Gasteiger partial charge in [-0.15, -0.1) is 0 Å². The minimum atomic E-state index is -2.27. The predicted molar refractivity (Wildman–Crippen MR) is 89.0 cm³/mol. The summed E-state index contributed by atoms with van der Waals surface area (Å²) in [5, 5.41) is 36.8. The highest BCUT2D eigenvalue weighted by Gasteiger charge is 2.39. The van der Waals surface area contributed by atoms with Crippen molar-refractivity contribution in [1.29, 1.82) is 0 Å². The normalized spacial score (nSPS) is 23.6. The molecular formula is C14H17Cl2N3O6. The number of aliphatic carboxylic acids is 2. The SMILES string of the molecule is Clc1cc(N2C[C@@H]3CN[C@@H]3C2)cnc1Cl.O=C(O)[C@H](O)[C@@H](O)C(=O)O. The van der Waals surface area contributed by atoms with Gasteiger partial charge in [-0.1, -0.05) is 23.2 Å². The Morgan fingerprint density at radius 3 is 2.16 bits per heavy atom. The van der Waals surface area contributed by atoms with Crippen molar-refractivity contribution < 1.29 is 30.0 Å². The lowest BCUT2D eigenvalue weighted by atomic mass is 9.96. The summed E-state index contributed by atoms with van der Waals surface area (Å²) in [6, 6.07) is 2.54. The molecule has 0 unspecified atom stereocenters. The quantitative estimate of drug-likeness (QED) is 0.434. The number of halogens is 2. The average Bonchev–Trinajstić information content (AvgIpc) is 2.84. The predicted octanol–water partition coefficient (Wildman–Crippen LogP) is -0.326. The molecule has 2 fully saturated rings. The van der Waals surface area contributed by atoms with E-state index in [-0.39, 0.29) is 0 Å². The number of aliphatic hydroxyl groups excluding tert-OH is 2. The summed E-state index contributed by atoms with van der Waals surface area (Å²) in [6.45, 7) is 3.28. The fourth-order valence-corrected chi connectivity index (χ4v) is 2.78. The van der Waals surface area contributed by atoms with Crippen LogP contribution in [0.3, 0.4) is 0 Å². The number of nitrogens with zero attached hydrogens (tertiary/aromatic N) is 2. The second kappa shape index (κ2) is 8.15. The van der Waals surface area contributed by atoms with Crippen LogP contribution in [0.15, 0.2) is 12.3 Å². The molecule has 0 aromatic carbocycles. The Morgan fingerprint density at radius 1 is 1.20 bits per heavy atom. The molecule has 1 aromatic rings. The van der Waals surface area contributed by atoms with Crippen molar-refractivity contribution in [3.63, 3.8) is 0 Å². The zero-order chi connectivity index (χ0) is 18.7. The Bertz CT molecular complexity index is 631. The molecule has 25 heavy (non-hydrogen) atoms. The first-order valence-electron chi connectivity index (χ1n) is 7.31. The van der Waals surface area contributed by atoms with E-state index in [1.807, 2.05) is 6.07 Å². The van der Waals surface area contributed by atoms with E-state index in [0.29, 0.717) is 16.2 Å². The number of hydrogen-bond donors (Lipinski definition) is 5. The summed E-state index contributed by atoms with van der Waals surface area (Å²) in [4.78, 5) is 25.9. The fraction of sp³-hybridized carbons (Fsp3) is 0.500. The number of aliphatic hydroxyl groups is 2. The second-order valence-corrected chi connectivity index (χ2v) is 6.48. The van der Waals surface area contributed by atoms with Crippen LogP contribution in [-0.4, -0.2) is 75.2 Å². The molecule has 0 saturated carbocycles. The number of pyridine rings is 1. The third-order valence-corrected chi connectivity index (χ3v) is 4.72. The first kappa shape index (κ1) is 19.7. The number of carboxylic acid groups (broad SMARTS) is 2. The second-order valence-electron chi connectivity index (χ2n) is 5.71. The van der Waals surface area contributed by atoms with Gasteiger partial charge in [-0.05, 0) is 6.07 Å². The van der Waals surface area contributed by atoms with E-state index in [2.05, 4.69) is 15.2 Å². The van der Waals surface area contributed by atoms with Crippen LogP contribution in [0.25, 0.3) is 0 Å². The van der Waals surface area contributed by atoms with Gasteiger partial charge in [-0.2, -0.15) is 0 Å². The minimum absolute atomic E-state index is 0.376. The molecule has 2 aliphatic heterocycles. The molecule has 0 bridgehead atoms. The molecule has 0 aliphatic carbocycles. The maximum Gasteiger partial charge on any atom is 0.335 e. The molecule has 0 radical (unpaired) electrons. The van der Waals surface area contributed by atoms with Gasteiger partial charge in [0.25, 0.3) is 0 Å². The molecule has 9 nitrogen and oxygen atoms in total. The summed E-state index contributed by atoms with van der Waals surface area (Å²) in [6.07, 6.45) is -2.74. The molecule has 0 spiro atoms. The maximum absolute atomic E-state index is 9.77. The summed E-state index contributed by atoms with van der Waals surface area (Å²) in [7, 11) is 0. The van der Waals surface area contributed by atoms with E-state index in [4.69, 9.17) is 43.6 Å². The van der Waals surface area contributed by atoms with Gasteiger partial charge in [0.2, 0.25) is 0 Å². The van der Waals surface area contributed by atoms with E-state index >= 15 is 0 Å². The molecule has 11 heteroatoms. The Hall–Kier alpha value is -1.65. The summed E-state index contributed by atoms with van der Waals surface area (Å²) >= 11 is 11.7. The molecule has 3 heterocycles. The molecular weight excluding hydrogens is 377 g/mol. The lowest BCUT2D eigenvalue weighted by Crippen LogP contribution is -2.51. The summed E-state index contributed by atoms with van der Waals surface area (Å²) in [5.41, 5.74) is 1.07. The van der Waals surface area contributed by atoms with Gasteiger partial charge < -0.3 is 30.6 Å². The van der Waals surface area contributed by atoms with Crippen LogP contribution in [0.5, 0.6) is 0 Å². The van der Waals surface area contributed by atoms with E-state index < -0.39 is 24.1 Å². The number of carboxylic acids is 2. The summed E-state index contributed by atoms with van der Waals surface area (Å²) < 4.78 is 0. The Kier molecular flexibility index (Phi) is 6.42. The van der Waals surface area contributed by atoms with Gasteiger partial charge in [0.1, 0.15) is 5.15 Å². The topological polar surface area (TPSA) is 143 Å². The largest absolute Gasteiger partial charge is 0.479 e.